The van der Waals surface area contributed by atoms with Crippen molar-refractivity contribution >= 4 is 11.8 Å². The van der Waals surface area contributed by atoms with E-state index in [-0.39, 0.29) is 29.7 Å². The standard InChI is InChI=1S/C21H29FN2O3/c22-18-5-2-1-4-17(18)6-7-19(26)23-13-10-21(11-14-23)9-8-20(27)24(16-21)12-3-15-25/h1-2,4-5,25H,3,6-16H2. The molecule has 1 aromatic carbocycles. The second-order valence-corrected chi connectivity index (χ2v) is 7.86. The van der Waals surface area contributed by atoms with E-state index in [1.807, 2.05) is 9.80 Å². The highest BCUT2D eigenvalue weighted by atomic mass is 19.1. The van der Waals surface area contributed by atoms with E-state index < -0.39 is 0 Å². The molecule has 1 N–H and O–H groups in total. The number of likely N-dealkylation sites (tertiary alicyclic amines) is 2. The van der Waals surface area contributed by atoms with Gasteiger partial charge in [-0.3, -0.25) is 9.59 Å². The molecule has 27 heavy (non-hydrogen) atoms. The molecule has 2 aliphatic heterocycles. The maximum absolute atomic E-state index is 13.7. The van der Waals surface area contributed by atoms with Crippen LogP contribution in [-0.4, -0.2) is 59.5 Å². The lowest BCUT2D eigenvalue weighted by Gasteiger charge is -2.47. The predicted molar refractivity (Wildman–Crippen MR) is 100 cm³/mol. The molecule has 1 spiro atoms. The first kappa shape index (κ1) is 19.8. The molecule has 0 aliphatic carbocycles. The van der Waals surface area contributed by atoms with Crippen LogP contribution in [0.15, 0.2) is 24.3 Å². The van der Waals surface area contributed by atoms with Crippen LogP contribution in [0.5, 0.6) is 0 Å². The molecule has 0 atom stereocenters. The molecule has 6 heteroatoms. The highest BCUT2D eigenvalue weighted by Crippen LogP contribution is 2.40. The van der Waals surface area contributed by atoms with Crippen LogP contribution >= 0.6 is 0 Å². The van der Waals surface area contributed by atoms with Crippen molar-refractivity contribution in [2.45, 2.75) is 44.9 Å². The van der Waals surface area contributed by atoms with Gasteiger partial charge in [-0.15, -0.1) is 0 Å². The molecular formula is C21H29FN2O3. The van der Waals surface area contributed by atoms with Gasteiger partial charge >= 0.3 is 0 Å². The molecule has 1 aromatic rings. The Hall–Kier alpha value is -1.95. The van der Waals surface area contributed by atoms with Crippen LogP contribution in [0.25, 0.3) is 0 Å². The fourth-order valence-electron chi connectivity index (χ4n) is 4.31. The second-order valence-electron chi connectivity index (χ2n) is 7.86. The summed E-state index contributed by atoms with van der Waals surface area (Å²) in [6.45, 7) is 2.86. The lowest BCUT2D eigenvalue weighted by atomic mass is 9.72. The number of amides is 2. The summed E-state index contributed by atoms with van der Waals surface area (Å²) in [7, 11) is 0. The quantitative estimate of drug-likeness (QED) is 0.829. The summed E-state index contributed by atoms with van der Waals surface area (Å²) in [5.74, 6) is 0.00679. The molecule has 2 fully saturated rings. The first-order chi connectivity index (χ1) is 13.0. The Morgan fingerprint density at radius 3 is 2.63 bits per heavy atom. The number of hydrogen-bond acceptors (Lipinski definition) is 3. The summed E-state index contributed by atoms with van der Waals surface area (Å²) < 4.78 is 13.7. The van der Waals surface area contributed by atoms with Crippen LogP contribution in [0.1, 0.15) is 44.1 Å². The highest BCUT2D eigenvalue weighted by molar-refractivity contribution is 5.78. The zero-order valence-corrected chi connectivity index (χ0v) is 15.8. The van der Waals surface area contributed by atoms with Crippen LogP contribution in [0.4, 0.5) is 4.39 Å². The largest absolute Gasteiger partial charge is 0.396 e. The number of halogens is 1. The number of rotatable bonds is 6. The van der Waals surface area contributed by atoms with E-state index in [9.17, 15) is 14.0 Å². The normalized spacial score (nSPS) is 19.6. The smallest absolute Gasteiger partial charge is 0.222 e. The van der Waals surface area contributed by atoms with E-state index in [1.54, 1.807) is 18.2 Å². The highest BCUT2D eigenvalue weighted by Gasteiger charge is 2.41. The number of hydrogen-bond donors (Lipinski definition) is 1. The number of aliphatic hydroxyl groups is 1. The van der Waals surface area contributed by atoms with Gasteiger partial charge in [-0.2, -0.15) is 0 Å². The zero-order chi connectivity index (χ0) is 19.3. The Morgan fingerprint density at radius 1 is 1.19 bits per heavy atom. The van der Waals surface area contributed by atoms with Crippen molar-refractivity contribution in [2.75, 3.05) is 32.8 Å². The summed E-state index contributed by atoms with van der Waals surface area (Å²) in [4.78, 5) is 28.4. The summed E-state index contributed by atoms with van der Waals surface area (Å²) in [5.41, 5.74) is 0.690. The fourth-order valence-corrected chi connectivity index (χ4v) is 4.31. The maximum atomic E-state index is 13.7. The van der Waals surface area contributed by atoms with Crippen molar-refractivity contribution in [1.82, 2.24) is 9.80 Å². The Morgan fingerprint density at radius 2 is 1.93 bits per heavy atom. The third kappa shape index (κ3) is 4.86. The summed E-state index contributed by atoms with van der Waals surface area (Å²) >= 11 is 0. The third-order valence-electron chi connectivity index (χ3n) is 6.08. The van der Waals surface area contributed by atoms with Gasteiger partial charge in [0.2, 0.25) is 11.8 Å². The topological polar surface area (TPSA) is 60.9 Å². The van der Waals surface area contributed by atoms with E-state index in [0.29, 0.717) is 50.9 Å². The SMILES string of the molecule is O=C(CCc1ccccc1F)N1CCC2(CCC(=O)N(CCCO)C2)CC1. The van der Waals surface area contributed by atoms with Gasteiger partial charge in [0, 0.05) is 45.6 Å². The fraction of sp³-hybridized carbons (Fsp3) is 0.619. The molecule has 2 amide bonds. The number of carbonyl (C=O) groups excluding carboxylic acids is 2. The van der Waals surface area contributed by atoms with Crippen molar-refractivity contribution in [3.05, 3.63) is 35.6 Å². The molecule has 2 aliphatic rings. The van der Waals surface area contributed by atoms with E-state index in [4.69, 9.17) is 5.11 Å². The number of nitrogens with zero attached hydrogens (tertiary/aromatic N) is 2. The van der Waals surface area contributed by atoms with Crippen LogP contribution < -0.4 is 0 Å². The van der Waals surface area contributed by atoms with Gasteiger partial charge in [0.05, 0.1) is 0 Å². The minimum Gasteiger partial charge on any atom is -0.396 e. The van der Waals surface area contributed by atoms with Crippen LogP contribution in [-0.2, 0) is 16.0 Å². The number of aliphatic hydroxyl groups excluding tert-OH is 1. The van der Waals surface area contributed by atoms with Crippen molar-refractivity contribution in [3.63, 3.8) is 0 Å². The zero-order valence-electron chi connectivity index (χ0n) is 15.8. The summed E-state index contributed by atoms with van der Waals surface area (Å²) in [6, 6.07) is 6.61. The molecule has 0 unspecified atom stereocenters. The van der Waals surface area contributed by atoms with Crippen LogP contribution in [0, 0.1) is 11.2 Å². The van der Waals surface area contributed by atoms with Crippen molar-refractivity contribution in [1.29, 1.82) is 0 Å². The molecule has 0 saturated carbocycles. The van der Waals surface area contributed by atoms with Gasteiger partial charge in [0.15, 0.2) is 0 Å². The number of carbonyl (C=O) groups is 2. The minimum atomic E-state index is -0.252. The number of benzene rings is 1. The van der Waals surface area contributed by atoms with Gasteiger partial charge in [0.1, 0.15) is 5.82 Å². The molecule has 0 radical (unpaired) electrons. The van der Waals surface area contributed by atoms with E-state index in [2.05, 4.69) is 0 Å². The van der Waals surface area contributed by atoms with Crippen molar-refractivity contribution in [3.8, 4) is 0 Å². The first-order valence-corrected chi connectivity index (χ1v) is 9.93. The maximum Gasteiger partial charge on any atom is 0.222 e. The Kier molecular flexibility index (Phi) is 6.47. The molecule has 0 aromatic heterocycles. The van der Waals surface area contributed by atoms with Gasteiger partial charge < -0.3 is 14.9 Å². The van der Waals surface area contributed by atoms with Crippen LogP contribution in [0.3, 0.4) is 0 Å². The predicted octanol–water partition coefficient (Wildman–Crippen LogP) is 2.37. The molecule has 3 rings (SSSR count). The Balaban J connectivity index is 1.50. The average Bonchev–Trinajstić information content (AvgIpc) is 2.68. The average molecular weight is 376 g/mol. The lowest BCUT2D eigenvalue weighted by molar-refractivity contribution is -0.142. The van der Waals surface area contributed by atoms with E-state index in [0.717, 1.165) is 25.8 Å². The number of aryl methyl sites for hydroxylation is 1. The number of piperidine rings is 2. The van der Waals surface area contributed by atoms with Gasteiger partial charge in [-0.1, -0.05) is 18.2 Å². The first-order valence-electron chi connectivity index (χ1n) is 9.93. The third-order valence-corrected chi connectivity index (χ3v) is 6.08. The van der Waals surface area contributed by atoms with E-state index >= 15 is 0 Å². The molecule has 5 nitrogen and oxygen atoms in total. The van der Waals surface area contributed by atoms with Crippen LogP contribution in [0.2, 0.25) is 0 Å². The lowest BCUT2D eigenvalue weighted by Crippen LogP contribution is -2.52. The van der Waals surface area contributed by atoms with Crippen molar-refractivity contribution < 1.29 is 19.1 Å². The summed E-state index contributed by atoms with van der Waals surface area (Å²) in [6.07, 6.45) is 4.63. The van der Waals surface area contributed by atoms with Gasteiger partial charge in [0.25, 0.3) is 0 Å². The molecule has 2 saturated heterocycles. The second kappa shape index (κ2) is 8.83. The van der Waals surface area contributed by atoms with Gasteiger partial charge in [-0.25, -0.2) is 4.39 Å². The Bertz CT molecular complexity index is 671. The molecule has 2 heterocycles. The monoisotopic (exact) mass is 376 g/mol. The molecule has 0 bridgehead atoms. The van der Waals surface area contributed by atoms with E-state index in [1.165, 1.54) is 6.07 Å². The summed E-state index contributed by atoms with van der Waals surface area (Å²) in [5, 5.41) is 9.03. The molecule has 148 valence electrons. The van der Waals surface area contributed by atoms with Crippen molar-refractivity contribution in [2.24, 2.45) is 5.41 Å². The molecular weight excluding hydrogens is 347 g/mol. The Labute approximate surface area is 160 Å². The van der Waals surface area contributed by atoms with Gasteiger partial charge in [-0.05, 0) is 49.1 Å². The minimum absolute atomic E-state index is 0.0807.